The Morgan fingerprint density at radius 1 is 1.00 bits per heavy atom. The molecule has 2 unspecified atom stereocenters. The first-order valence-corrected chi connectivity index (χ1v) is 4.23. The molecule has 1 saturated carbocycles. The van der Waals surface area contributed by atoms with Crippen LogP contribution in [0.25, 0.3) is 0 Å². The van der Waals surface area contributed by atoms with Gasteiger partial charge in [0.2, 0.25) is 0 Å². The fraction of sp³-hybridized carbons (Fsp3) is 1.00. The lowest BCUT2D eigenvalue weighted by atomic mass is 9.87. The Labute approximate surface area is 72.4 Å². The van der Waals surface area contributed by atoms with Crippen molar-refractivity contribution in [1.82, 2.24) is 4.90 Å². The van der Waals surface area contributed by atoms with Crippen LogP contribution in [0.2, 0.25) is 0 Å². The summed E-state index contributed by atoms with van der Waals surface area (Å²) in [5.74, 6) is 0. The van der Waals surface area contributed by atoms with E-state index in [0.717, 1.165) is 0 Å². The highest BCUT2D eigenvalue weighted by molar-refractivity contribution is 4.90. The maximum Gasteiger partial charge on any atom is 0.0745 e. The Bertz CT molecular complexity index is 139. The van der Waals surface area contributed by atoms with Gasteiger partial charge in [-0.2, -0.15) is 0 Å². The lowest BCUT2D eigenvalue weighted by Gasteiger charge is -2.38. The standard InChI is InChI=1S/C8H17NO3/c1-9(2)8-6(11)3-5(10)4-7(8)12/h5-8,10-12H,3-4H2,1-2H3. The molecule has 0 aromatic heterocycles. The van der Waals surface area contributed by atoms with E-state index in [1.165, 1.54) is 0 Å². The summed E-state index contributed by atoms with van der Waals surface area (Å²) in [6.07, 6.45) is -1.09. The smallest absolute Gasteiger partial charge is 0.0745 e. The van der Waals surface area contributed by atoms with E-state index in [4.69, 9.17) is 0 Å². The molecule has 4 nitrogen and oxygen atoms in total. The van der Waals surface area contributed by atoms with Crippen molar-refractivity contribution in [1.29, 1.82) is 0 Å². The minimum atomic E-state index is -0.626. The molecule has 0 aromatic rings. The lowest BCUT2D eigenvalue weighted by Crippen LogP contribution is -2.53. The van der Waals surface area contributed by atoms with Crippen molar-refractivity contribution in [3.8, 4) is 0 Å². The van der Waals surface area contributed by atoms with E-state index in [9.17, 15) is 15.3 Å². The van der Waals surface area contributed by atoms with Gasteiger partial charge in [0, 0.05) is 12.8 Å². The van der Waals surface area contributed by atoms with Gasteiger partial charge >= 0.3 is 0 Å². The first-order chi connectivity index (χ1) is 5.52. The summed E-state index contributed by atoms with van der Waals surface area (Å²) in [5, 5.41) is 28.2. The second-order valence-corrected chi connectivity index (χ2v) is 3.71. The normalized spacial score (nSPS) is 43.5. The van der Waals surface area contributed by atoms with Crippen LogP contribution in [-0.4, -0.2) is 58.7 Å². The van der Waals surface area contributed by atoms with Gasteiger partial charge in [-0.1, -0.05) is 0 Å². The minimum Gasteiger partial charge on any atom is -0.393 e. The van der Waals surface area contributed by atoms with Gasteiger partial charge in [0.05, 0.1) is 24.4 Å². The van der Waals surface area contributed by atoms with Gasteiger partial charge in [-0.05, 0) is 14.1 Å². The van der Waals surface area contributed by atoms with Crippen LogP contribution >= 0.6 is 0 Å². The quantitative estimate of drug-likeness (QED) is 0.468. The molecule has 0 amide bonds. The van der Waals surface area contributed by atoms with Crippen LogP contribution in [0.3, 0.4) is 0 Å². The zero-order valence-electron chi connectivity index (χ0n) is 7.51. The number of rotatable bonds is 1. The maximum atomic E-state index is 9.52. The van der Waals surface area contributed by atoms with E-state index < -0.39 is 18.3 Å². The molecule has 4 heteroatoms. The van der Waals surface area contributed by atoms with Crippen LogP contribution in [-0.2, 0) is 0 Å². The summed E-state index contributed by atoms with van der Waals surface area (Å²) < 4.78 is 0. The number of aliphatic hydroxyl groups is 3. The van der Waals surface area contributed by atoms with E-state index >= 15 is 0 Å². The van der Waals surface area contributed by atoms with Crippen molar-refractivity contribution in [2.45, 2.75) is 37.2 Å². The van der Waals surface area contributed by atoms with Crippen molar-refractivity contribution in [3.05, 3.63) is 0 Å². The van der Waals surface area contributed by atoms with E-state index in [-0.39, 0.29) is 6.04 Å². The van der Waals surface area contributed by atoms with Crippen LogP contribution < -0.4 is 0 Å². The number of nitrogens with zero attached hydrogens (tertiary/aromatic N) is 1. The van der Waals surface area contributed by atoms with Crippen LogP contribution in [0.5, 0.6) is 0 Å². The molecule has 12 heavy (non-hydrogen) atoms. The third-order valence-corrected chi connectivity index (χ3v) is 2.41. The van der Waals surface area contributed by atoms with Crippen LogP contribution in [0.1, 0.15) is 12.8 Å². The number of aliphatic hydroxyl groups excluding tert-OH is 3. The van der Waals surface area contributed by atoms with Crippen LogP contribution in [0.4, 0.5) is 0 Å². The zero-order valence-corrected chi connectivity index (χ0v) is 7.51. The molecule has 72 valence electrons. The molecule has 0 spiro atoms. The van der Waals surface area contributed by atoms with E-state index in [2.05, 4.69) is 0 Å². The van der Waals surface area contributed by atoms with Crippen molar-refractivity contribution in [3.63, 3.8) is 0 Å². The van der Waals surface area contributed by atoms with Crippen LogP contribution in [0.15, 0.2) is 0 Å². The summed E-state index contributed by atoms with van der Waals surface area (Å²) >= 11 is 0. The maximum absolute atomic E-state index is 9.52. The van der Waals surface area contributed by atoms with E-state index in [1.807, 2.05) is 14.1 Å². The molecule has 0 aromatic carbocycles. The molecule has 1 fully saturated rings. The van der Waals surface area contributed by atoms with Gasteiger partial charge in [0.15, 0.2) is 0 Å². The molecule has 0 heterocycles. The summed E-state index contributed by atoms with van der Waals surface area (Å²) in [7, 11) is 3.63. The monoisotopic (exact) mass is 175 g/mol. The predicted octanol–water partition coefficient (Wildman–Crippen LogP) is -1.21. The van der Waals surface area contributed by atoms with Gasteiger partial charge < -0.3 is 20.2 Å². The predicted molar refractivity (Wildman–Crippen MR) is 44.7 cm³/mol. The zero-order chi connectivity index (χ0) is 9.30. The van der Waals surface area contributed by atoms with E-state index in [0.29, 0.717) is 12.8 Å². The number of likely N-dealkylation sites (N-methyl/N-ethyl adjacent to an activating group) is 1. The fourth-order valence-electron chi connectivity index (χ4n) is 1.88. The van der Waals surface area contributed by atoms with E-state index in [1.54, 1.807) is 4.90 Å². The average Bonchev–Trinajstić information content (AvgIpc) is 1.82. The Hall–Kier alpha value is -0.160. The third-order valence-electron chi connectivity index (χ3n) is 2.41. The van der Waals surface area contributed by atoms with Gasteiger partial charge in [0.1, 0.15) is 0 Å². The summed E-state index contributed by atoms with van der Waals surface area (Å²) in [6, 6.07) is -0.242. The second kappa shape index (κ2) is 3.70. The Balaban J connectivity index is 2.60. The average molecular weight is 175 g/mol. The molecule has 0 bridgehead atoms. The number of hydrogen-bond donors (Lipinski definition) is 3. The van der Waals surface area contributed by atoms with Crippen molar-refractivity contribution >= 4 is 0 Å². The highest BCUT2D eigenvalue weighted by Crippen LogP contribution is 2.22. The largest absolute Gasteiger partial charge is 0.393 e. The fourth-order valence-corrected chi connectivity index (χ4v) is 1.88. The molecule has 0 saturated heterocycles. The molecule has 2 atom stereocenters. The molecule has 0 radical (unpaired) electrons. The van der Waals surface area contributed by atoms with Gasteiger partial charge in [-0.3, -0.25) is 0 Å². The minimum absolute atomic E-state index is 0.242. The molecule has 1 aliphatic rings. The molecular weight excluding hydrogens is 158 g/mol. The second-order valence-electron chi connectivity index (χ2n) is 3.71. The van der Waals surface area contributed by atoms with Crippen molar-refractivity contribution in [2.24, 2.45) is 0 Å². The molecule has 1 rings (SSSR count). The Morgan fingerprint density at radius 2 is 1.42 bits per heavy atom. The highest BCUT2D eigenvalue weighted by Gasteiger charge is 2.36. The van der Waals surface area contributed by atoms with Gasteiger partial charge in [-0.25, -0.2) is 0 Å². The summed E-state index contributed by atoms with van der Waals surface area (Å²) in [4.78, 5) is 1.79. The summed E-state index contributed by atoms with van der Waals surface area (Å²) in [6.45, 7) is 0. The van der Waals surface area contributed by atoms with Crippen LogP contribution in [0, 0.1) is 0 Å². The molecule has 1 aliphatic carbocycles. The first-order valence-electron chi connectivity index (χ1n) is 4.23. The van der Waals surface area contributed by atoms with Crippen molar-refractivity contribution in [2.75, 3.05) is 14.1 Å². The third kappa shape index (κ3) is 1.95. The highest BCUT2D eigenvalue weighted by atomic mass is 16.3. The summed E-state index contributed by atoms with van der Waals surface area (Å²) in [5.41, 5.74) is 0. The lowest BCUT2D eigenvalue weighted by molar-refractivity contribution is -0.0809. The molecule has 0 aliphatic heterocycles. The Kier molecular flexibility index (Phi) is 3.06. The molecular formula is C8H17NO3. The van der Waals surface area contributed by atoms with Crippen molar-refractivity contribution < 1.29 is 15.3 Å². The molecule has 3 N–H and O–H groups in total. The SMILES string of the molecule is CN(C)C1C(O)CC(O)CC1O. The Morgan fingerprint density at radius 3 is 1.75 bits per heavy atom. The van der Waals surface area contributed by atoms with Gasteiger partial charge in [-0.15, -0.1) is 0 Å². The number of hydrogen-bond acceptors (Lipinski definition) is 4. The first kappa shape index (κ1) is 9.92. The van der Waals surface area contributed by atoms with Gasteiger partial charge in [0.25, 0.3) is 0 Å². The topological polar surface area (TPSA) is 63.9 Å².